The van der Waals surface area contributed by atoms with E-state index < -0.39 is 11.9 Å². The maximum Gasteiger partial charge on any atom is 4.00 e. The van der Waals surface area contributed by atoms with Crippen LogP contribution in [0.3, 0.4) is 0 Å². The van der Waals surface area contributed by atoms with Gasteiger partial charge < -0.3 is 30.0 Å². The number of carbonyl (C=O) groups excluding carboxylic acids is 2. The van der Waals surface area contributed by atoms with Gasteiger partial charge in [-0.15, -0.1) is 19.8 Å². The van der Waals surface area contributed by atoms with Gasteiger partial charge in [-0.25, -0.2) is 4.79 Å². The van der Waals surface area contributed by atoms with Crippen molar-refractivity contribution in [2.45, 2.75) is 79.1 Å². The van der Waals surface area contributed by atoms with Crippen LogP contribution in [0.1, 0.15) is 79.1 Å². The summed E-state index contributed by atoms with van der Waals surface area (Å²) in [5.74, 6) is -2.05. The SMILES string of the molecule is CCCCOC(=O)/C=C/C(=O)[O-].CCCC[O-].CCCC[O-].CCCC[O-].[Ti+4]. The van der Waals surface area contributed by atoms with E-state index in [0.717, 1.165) is 57.4 Å². The molecule has 0 aliphatic carbocycles. The first kappa shape index (κ1) is 37.9. The summed E-state index contributed by atoms with van der Waals surface area (Å²) < 4.78 is 4.62. The van der Waals surface area contributed by atoms with Crippen LogP contribution in [0.25, 0.3) is 0 Å². The molecule has 0 fully saturated rings. The smallest absolute Gasteiger partial charge is 0.854 e. The summed E-state index contributed by atoms with van der Waals surface area (Å²) in [7, 11) is 0. The Morgan fingerprint density at radius 1 is 0.714 bits per heavy atom. The van der Waals surface area contributed by atoms with Gasteiger partial charge >= 0.3 is 27.7 Å². The number of hydrogen-bond acceptors (Lipinski definition) is 7. The third-order valence-electron chi connectivity index (χ3n) is 2.59. The van der Waals surface area contributed by atoms with Gasteiger partial charge in [0.05, 0.1) is 12.6 Å². The summed E-state index contributed by atoms with van der Waals surface area (Å²) in [5, 5.41) is 38.4. The number of carbonyl (C=O) groups is 2. The Kier molecular flexibility index (Phi) is 55.3. The Morgan fingerprint density at radius 2 is 1.07 bits per heavy atom. The van der Waals surface area contributed by atoms with Gasteiger partial charge in [0.15, 0.2) is 0 Å². The van der Waals surface area contributed by atoms with E-state index in [0.29, 0.717) is 12.7 Å². The van der Waals surface area contributed by atoms with E-state index in [1.807, 2.05) is 27.7 Å². The number of carboxylic acids is 1. The maximum absolute atomic E-state index is 10.6. The van der Waals surface area contributed by atoms with Crippen molar-refractivity contribution in [3.05, 3.63) is 12.2 Å². The molecule has 7 nitrogen and oxygen atoms in total. The fourth-order valence-corrected chi connectivity index (χ4v) is 0.934. The molecule has 28 heavy (non-hydrogen) atoms. The fourth-order valence-electron chi connectivity index (χ4n) is 0.934. The van der Waals surface area contributed by atoms with Crippen molar-refractivity contribution in [2.75, 3.05) is 26.4 Å². The monoisotopic (exact) mass is 438 g/mol. The van der Waals surface area contributed by atoms with Crippen LogP contribution in [0.2, 0.25) is 0 Å². The molecule has 0 atom stereocenters. The number of aliphatic carboxylic acids is 1. The third-order valence-corrected chi connectivity index (χ3v) is 2.59. The molecule has 0 aromatic heterocycles. The molecule has 0 aliphatic rings. The largest absolute Gasteiger partial charge is 4.00 e. The van der Waals surface area contributed by atoms with Crippen LogP contribution < -0.4 is 20.4 Å². The zero-order chi connectivity index (χ0) is 21.8. The minimum absolute atomic E-state index is 0. The molecule has 0 aliphatic heterocycles. The minimum atomic E-state index is -1.40. The first-order chi connectivity index (χ1) is 12.9. The van der Waals surface area contributed by atoms with E-state index in [1.54, 1.807) is 0 Å². The average molecular weight is 438 g/mol. The number of unbranched alkanes of at least 4 members (excludes halogenated alkanes) is 4. The molecule has 8 heteroatoms. The zero-order valence-electron chi connectivity index (χ0n) is 18.0. The van der Waals surface area contributed by atoms with Gasteiger partial charge in [0.1, 0.15) is 0 Å². The van der Waals surface area contributed by atoms with Gasteiger partial charge in [-0.05, 0) is 12.5 Å². The van der Waals surface area contributed by atoms with E-state index in [1.165, 1.54) is 0 Å². The molecule has 0 aromatic rings. The van der Waals surface area contributed by atoms with Crippen LogP contribution in [-0.2, 0) is 36.0 Å². The second kappa shape index (κ2) is 40.8. The standard InChI is InChI=1S/C8H12O4.3C4H9O.Ti/c1-2-3-6-12-8(11)5-4-7(9)10;3*1-2-3-4-5;/h4-5H,2-3,6H2,1H3,(H,9,10);3*2-4H2,1H3;/q;3*-1;+4/p-1/b5-4+;;;;. The molecular formula is C20H38O7Ti. The van der Waals surface area contributed by atoms with Gasteiger partial charge in [-0.1, -0.05) is 72.6 Å². The van der Waals surface area contributed by atoms with E-state index >= 15 is 0 Å². The van der Waals surface area contributed by atoms with Crippen LogP contribution >= 0.6 is 0 Å². The molecule has 0 aromatic carbocycles. The van der Waals surface area contributed by atoms with Crippen molar-refractivity contribution in [1.29, 1.82) is 0 Å². The molecule has 0 spiro atoms. The summed E-state index contributed by atoms with van der Waals surface area (Å²) in [5.41, 5.74) is 0. The van der Waals surface area contributed by atoms with Gasteiger partial charge in [-0.2, -0.15) is 0 Å². The Morgan fingerprint density at radius 3 is 1.29 bits per heavy atom. The summed E-state index contributed by atoms with van der Waals surface area (Å²) >= 11 is 0. The molecular weight excluding hydrogens is 400 g/mol. The van der Waals surface area contributed by atoms with Crippen LogP contribution in [-0.4, -0.2) is 38.4 Å². The van der Waals surface area contributed by atoms with Gasteiger partial charge in [0.2, 0.25) is 0 Å². The number of carboxylic acid groups (broad SMARTS) is 1. The summed E-state index contributed by atoms with van der Waals surface area (Å²) in [6, 6.07) is 0. The second-order valence-corrected chi connectivity index (χ2v) is 5.35. The summed E-state index contributed by atoms with van der Waals surface area (Å²) in [6.45, 7) is 8.61. The van der Waals surface area contributed by atoms with Gasteiger partial charge in [-0.3, -0.25) is 0 Å². The first-order valence-electron chi connectivity index (χ1n) is 9.71. The number of hydrogen-bond donors (Lipinski definition) is 0. The van der Waals surface area contributed by atoms with Crippen molar-refractivity contribution >= 4 is 11.9 Å². The Hall–Kier alpha value is -0.726. The van der Waals surface area contributed by atoms with E-state index in [9.17, 15) is 30.0 Å². The van der Waals surface area contributed by atoms with Crippen LogP contribution in [0.15, 0.2) is 12.2 Å². The van der Waals surface area contributed by atoms with E-state index in [-0.39, 0.29) is 41.5 Å². The molecule has 0 amide bonds. The van der Waals surface area contributed by atoms with Crippen molar-refractivity contribution in [2.24, 2.45) is 0 Å². The number of rotatable bonds is 11. The molecule has 0 heterocycles. The molecule has 0 bridgehead atoms. The molecule has 0 rings (SSSR count). The van der Waals surface area contributed by atoms with Crippen LogP contribution in [0.5, 0.6) is 0 Å². The second-order valence-electron chi connectivity index (χ2n) is 5.35. The van der Waals surface area contributed by atoms with Gasteiger partial charge in [0.25, 0.3) is 0 Å². The molecule has 0 N–H and O–H groups in total. The molecule has 0 saturated carbocycles. The molecule has 0 unspecified atom stereocenters. The number of esters is 1. The summed E-state index contributed by atoms with van der Waals surface area (Å²) in [6.07, 6.45) is 8.79. The van der Waals surface area contributed by atoms with Crippen molar-refractivity contribution < 1.29 is 56.5 Å². The van der Waals surface area contributed by atoms with Crippen molar-refractivity contribution in [1.82, 2.24) is 0 Å². The number of ether oxygens (including phenoxy) is 1. The summed E-state index contributed by atoms with van der Waals surface area (Å²) in [4.78, 5) is 20.5. The van der Waals surface area contributed by atoms with E-state index in [4.69, 9.17) is 0 Å². The Bertz CT molecular complexity index is 291. The third kappa shape index (κ3) is 63.8. The first-order valence-corrected chi connectivity index (χ1v) is 9.71. The van der Waals surface area contributed by atoms with Gasteiger partial charge in [0, 0.05) is 6.08 Å². The minimum Gasteiger partial charge on any atom is -0.854 e. The topological polar surface area (TPSA) is 136 Å². The Labute approximate surface area is 186 Å². The Balaban J connectivity index is -0.0000000927. The van der Waals surface area contributed by atoms with Crippen LogP contribution in [0, 0.1) is 0 Å². The van der Waals surface area contributed by atoms with Crippen LogP contribution in [0.4, 0.5) is 0 Å². The van der Waals surface area contributed by atoms with Crippen molar-refractivity contribution in [3.8, 4) is 0 Å². The predicted molar refractivity (Wildman–Crippen MR) is 99.3 cm³/mol. The van der Waals surface area contributed by atoms with Crippen molar-refractivity contribution in [3.63, 3.8) is 0 Å². The fraction of sp³-hybridized carbons (Fsp3) is 0.800. The molecule has 0 radical (unpaired) electrons. The average Bonchev–Trinajstić information content (AvgIpc) is 2.64. The quantitative estimate of drug-likeness (QED) is 0.193. The molecule has 164 valence electrons. The van der Waals surface area contributed by atoms with E-state index in [2.05, 4.69) is 4.74 Å². The zero-order valence-corrected chi connectivity index (χ0v) is 19.6. The molecule has 0 saturated heterocycles. The predicted octanol–water partition coefficient (Wildman–Crippen LogP) is 0.0737. The normalized spacial score (nSPS) is 8.82. The maximum atomic E-state index is 10.6.